The number of pyridine rings is 1. The second kappa shape index (κ2) is 3.34. The number of nitrogens with one attached hydrogen (secondary N) is 1. The van der Waals surface area contributed by atoms with Crippen molar-refractivity contribution in [3.05, 3.63) is 34.2 Å². The van der Waals surface area contributed by atoms with Gasteiger partial charge in [-0.15, -0.1) is 0 Å². The van der Waals surface area contributed by atoms with Gasteiger partial charge in [0.15, 0.2) is 0 Å². The monoisotopic (exact) mass is 152 g/mol. The highest BCUT2D eigenvalue weighted by atomic mass is 16.1. The first kappa shape index (κ1) is 8.01. The van der Waals surface area contributed by atoms with E-state index in [2.05, 4.69) is 4.98 Å². The minimum absolute atomic E-state index is 0.0519. The van der Waals surface area contributed by atoms with Crippen LogP contribution in [0, 0.1) is 0 Å². The third kappa shape index (κ3) is 1.91. The summed E-state index contributed by atoms with van der Waals surface area (Å²) in [6, 6.07) is 4.97. The Kier molecular flexibility index (Phi) is 2.44. The van der Waals surface area contributed by atoms with Gasteiger partial charge in [-0.25, -0.2) is 0 Å². The zero-order valence-corrected chi connectivity index (χ0v) is 6.50. The van der Waals surface area contributed by atoms with Gasteiger partial charge in [0.25, 0.3) is 0 Å². The summed E-state index contributed by atoms with van der Waals surface area (Å²) in [4.78, 5) is 13.5. The number of H-pyrrole nitrogens is 1. The van der Waals surface area contributed by atoms with E-state index in [0.29, 0.717) is 0 Å². The van der Waals surface area contributed by atoms with Crippen molar-refractivity contribution in [2.24, 2.45) is 5.73 Å². The fraction of sp³-hybridized carbons (Fsp3) is 0.375. The highest BCUT2D eigenvalue weighted by Crippen LogP contribution is 2.06. The van der Waals surface area contributed by atoms with E-state index in [-0.39, 0.29) is 11.6 Å². The molecule has 0 aliphatic rings. The largest absolute Gasteiger partial charge is 0.325 e. The highest BCUT2D eigenvalue weighted by molar-refractivity contribution is 5.07. The Morgan fingerprint density at radius 1 is 1.64 bits per heavy atom. The molecule has 0 aromatic carbocycles. The molecule has 0 aliphatic heterocycles. The van der Waals surface area contributed by atoms with Crippen molar-refractivity contribution in [2.75, 3.05) is 0 Å². The van der Waals surface area contributed by atoms with E-state index < -0.39 is 0 Å². The van der Waals surface area contributed by atoms with Crippen LogP contribution in [0.5, 0.6) is 0 Å². The van der Waals surface area contributed by atoms with Crippen molar-refractivity contribution < 1.29 is 0 Å². The van der Waals surface area contributed by atoms with Crippen molar-refractivity contribution in [3.8, 4) is 0 Å². The summed E-state index contributed by atoms with van der Waals surface area (Å²) >= 11 is 0. The third-order valence-corrected chi connectivity index (χ3v) is 1.63. The molecular formula is C8H12N2O. The number of hydrogen-bond donors (Lipinski definition) is 2. The maximum absolute atomic E-state index is 10.8. The van der Waals surface area contributed by atoms with Crippen molar-refractivity contribution in [2.45, 2.75) is 19.4 Å². The molecule has 0 spiro atoms. The minimum atomic E-state index is -0.0913. The fourth-order valence-corrected chi connectivity index (χ4v) is 0.901. The second-order valence-corrected chi connectivity index (χ2v) is 2.49. The maximum atomic E-state index is 10.8. The van der Waals surface area contributed by atoms with Gasteiger partial charge in [0, 0.05) is 17.8 Å². The lowest BCUT2D eigenvalue weighted by molar-refractivity contribution is 0.673. The molecule has 1 unspecified atom stereocenters. The lowest BCUT2D eigenvalue weighted by Gasteiger charge is -2.06. The van der Waals surface area contributed by atoms with Gasteiger partial charge in [-0.3, -0.25) is 4.79 Å². The van der Waals surface area contributed by atoms with Crippen LogP contribution in [0.15, 0.2) is 23.0 Å². The number of aromatic amines is 1. The molecule has 1 heterocycles. The average molecular weight is 152 g/mol. The lowest BCUT2D eigenvalue weighted by atomic mass is 10.1. The first-order valence-electron chi connectivity index (χ1n) is 3.69. The van der Waals surface area contributed by atoms with Crippen LogP contribution in [0.4, 0.5) is 0 Å². The van der Waals surface area contributed by atoms with Crippen LogP contribution in [0.3, 0.4) is 0 Å². The van der Waals surface area contributed by atoms with Crippen LogP contribution >= 0.6 is 0 Å². The van der Waals surface area contributed by atoms with Gasteiger partial charge in [0.1, 0.15) is 0 Å². The second-order valence-electron chi connectivity index (χ2n) is 2.49. The molecule has 3 heteroatoms. The van der Waals surface area contributed by atoms with Gasteiger partial charge < -0.3 is 10.7 Å². The SMILES string of the molecule is CCC(N)c1cccc(=O)[nH]1. The van der Waals surface area contributed by atoms with Crippen LogP contribution in [0.25, 0.3) is 0 Å². The molecule has 3 N–H and O–H groups in total. The van der Waals surface area contributed by atoms with E-state index in [1.807, 2.05) is 13.0 Å². The van der Waals surface area contributed by atoms with Crippen LogP contribution in [-0.4, -0.2) is 4.98 Å². The van der Waals surface area contributed by atoms with Crippen LogP contribution in [-0.2, 0) is 0 Å². The van der Waals surface area contributed by atoms with Crippen molar-refractivity contribution in [1.82, 2.24) is 4.98 Å². The molecule has 1 aromatic rings. The lowest BCUT2D eigenvalue weighted by Crippen LogP contribution is -2.15. The van der Waals surface area contributed by atoms with Crippen LogP contribution in [0.1, 0.15) is 25.1 Å². The number of nitrogens with two attached hydrogens (primary N) is 1. The van der Waals surface area contributed by atoms with Crippen molar-refractivity contribution >= 4 is 0 Å². The Morgan fingerprint density at radius 3 is 2.91 bits per heavy atom. The predicted molar refractivity (Wildman–Crippen MR) is 44.3 cm³/mol. The van der Waals surface area contributed by atoms with E-state index in [1.165, 1.54) is 6.07 Å². The molecule has 1 rings (SSSR count). The Bertz CT molecular complexity index is 279. The van der Waals surface area contributed by atoms with Gasteiger partial charge in [-0.1, -0.05) is 13.0 Å². The Hall–Kier alpha value is -1.09. The number of hydrogen-bond acceptors (Lipinski definition) is 2. The first-order chi connectivity index (χ1) is 5.24. The zero-order chi connectivity index (χ0) is 8.27. The summed E-state index contributed by atoms with van der Waals surface area (Å²) in [5.74, 6) is 0. The van der Waals surface area contributed by atoms with Gasteiger partial charge in [0.2, 0.25) is 5.56 Å². The molecule has 0 radical (unpaired) electrons. The maximum Gasteiger partial charge on any atom is 0.248 e. The molecule has 0 saturated carbocycles. The zero-order valence-electron chi connectivity index (χ0n) is 6.50. The highest BCUT2D eigenvalue weighted by Gasteiger charge is 2.01. The summed E-state index contributed by atoms with van der Waals surface area (Å²) in [7, 11) is 0. The fourth-order valence-electron chi connectivity index (χ4n) is 0.901. The molecule has 0 bridgehead atoms. The molecule has 3 nitrogen and oxygen atoms in total. The van der Waals surface area contributed by atoms with E-state index in [9.17, 15) is 4.79 Å². The van der Waals surface area contributed by atoms with E-state index >= 15 is 0 Å². The van der Waals surface area contributed by atoms with Crippen molar-refractivity contribution in [3.63, 3.8) is 0 Å². The quantitative estimate of drug-likeness (QED) is 0.658. The van der Waals surface area contributed by atoms with Crippen LogP contribution < -0.4 is 11.3 Å². The topological polar surface area (TPSA) is 58.9 Å². The smallest absolute Gasteiger partial charge is 0.248 e. The first-order valence-corrected chi connectivity index (χ1v) is 3.69. The molecule has 0 fully saturated rings. The summed E-state index contributed by atoms with van der Waals surface area (Å²) in [5.41, 5.74) is 6.41. The van der Waals surface area contributed by atoms with Gasteiger partial charge in [0.05, 0.1) is 0 Å². The predicted octanol–water partition coefficient (Wildman–Crippen LogP) is 0.785. The molecule has 11 heavy (non-hydrogen) atoms. The van der Waals surface area contributed by atoms with Gasteiger partial charge in [-0.05, 0) is 12.5 Å². The molecule has 0 aliphatic carbocycles. The molecule has 1 atom stereocenters. The van der Waals surface area contributed by atoms with Crippen molar-refractivity contribution in [1.29, 1.82) is 0 Å². The number of rotatable bonds is 2. The van der Waals surface area contributed by atoms with Crippen LogP contribution in [0.2, 0.25) is 0 Å². The number of aromatic nitrogens is 1. The standard InChI is InChI=1S/C8H12N2O/c1-2-6(9)7-4-3-5-8(11)10-7/h3-6H,2,9H2,1H3,(H,10,11). The summed E-state index contributed by atoms with van der Waals surface area (Å²) in [6.07, 6.45) is 0.833. The molecule has 60 valence electrons. The molecular weight excluding hydrogens is 140 g/mol. The van der Waals surface area contributed by atoms with Gasteiger partial charge in [-0.2, -0.15) is 0 Å². The molecule has 0 saturated heterocycles. The Labute approximate surface area is 65.2 Å². The molecule has 0 amide bonds. The Balaban J connectivity index is 2.96. The minimum Gasteiger partial charge on any atom is -0.325 e. The van der Waals surface area contributed by atoms with E-state index in [4.69, 9.17) is 5.73 Å². The summed E-state index contributed by atoms with van der Waals surface area (Å²) in [5, 5.41) is 0. The van der Waals surface area contributed by atoms with Gasteiger partial charge >= 0.3 is 0 Å². The summed E-state index contributed by atoms with van der Waals surface area (Å²) < 4.78 is 0. The third-order valence-electron chi connectivity index (χ3n) is 1.63. The molecule has 1 aromatic heterocycles. The normalized spacial score (nSPS) is 12.9. The average Bonchev–Trinajstić information content (AvgIpc) is 2.03. The van der Waals surface area contributed by atoms with E-state index in [1.54, 1.807) is 6.07 Å². The Morgan fingerprint density at radius 2 is 2.36 bits per heavy atom. The van der Waals surface area contributed by atoms with E-state index in [0.717, 1.165) is 12.1 Å². The summed E-state index contributed by atoms with van der Waals surface area (Å²) in [6.45, 7) is 1.98.